The van der Waals surface area contributed by atoms with Crippen molar-refractivity contribution in [3.8, 4) is 0 Å². The Morgan fingerprint density at radius 3 is 2.86 bits per heavy atom. The van der Waals surface area contributed by atoms with Crippen LogP contribution >= 0.6 is 11.3 Å². The molecule has 0 aliphatic carbocycles. The first-order valence-corrected chi connectivity index (χ1v) is 8.12. The minimum Gasteiger partial charge on any atom is -0.370 e. The van der Waals surface area contributed by atoms with Crippen LogP contribution in [0.15, 0.2) is 4.79 Å². The summed E-state index contributed by atoms with van der Waals surface area (Å²) in [6.45, 7) is 7.82. The van der Waals surface area contributed by atoms with Crippen LogP contribution in [-0.4, -0.2) is 21.2 Å². The lowest BCUT2D eigenvalue weighted by Gasteiger charge is -2.29. The second kappa shape index (κ2) is 5.17. The maximum atomic E-state index is 12.9. The average molecular weight is 321 g/mol. The number of amides is 1. The molecule has 1 aliphatic rings. The van der Waals surface area contributed by atoms with Gasteiger partial charge in [-0.25, -0.2) is 9.66 Å². The molecule has 1 amide bonds. The Kier molecular flexibility index (Phi) is 3.57. The van der Waals surface area contributed by atoms with Gasteiger partial charge in [-0.1, -0.05) is 6.92 Å². The highest BCUT2D eigenvalue weighted by Crippen LogP contribution is 2.36. The molecular formula is C15H19N3O3S. The quantitative estimate of drug-likeness (QED) is 0.918. The summed E-state index contributed by atoms with van der Waals surface area (Å²) in [5.74, 6) is 0.275. The van der Waals surface area contributed by atoms with E-state index in [9.17, 15) is 9.59 Å². The summed E-state index contributed by atoms with van der Waals surface area (Å²) in [5, 5.41) is 0.613. The van der Waals surface area contributed by atoms with Crippen LogP contribution in [0.1, 0.15) is 44.0 Å². The van der Waals surface area contributed by atoms with Crippen molar-refractivity contribution >= 4 is 27.5 Å². The molecule has 0 spiro atoms. The molecule has 3 rings (SSSR count). The fraction of sp³-hybridized carbons (Fsp3) is 0.533. The molecule has 6 nitrogen and oxygen atoms in total. The molecule has 0 unspecified atom stereocenters. The number of aromatic nitrogens is 2. The molecule has 0 atom stereocenters. The lowest BCUT2D eigenvalue weighted by atomic mass is 9.94. The Morgan fingerprint density at radius 1 is 1.50 bits per heavy atom. The van der Waals surface area contributed by atoms with Gasteiger partial charge in [0, 0.05) is 24.6 Å². The molecule has 22 heavy (non-hydrogen) atoms. The van der Waals surface area contributed by atoms with Gasteiger partial charge in [0.15, 0.2) is 0 Å². The Bertz CT molecular complexity index is 820. The van der Waals surface area contributed by atoms with Crippen LogP contribution in [0, 0.1) is 0 Å². The van der Waals surface area contributed by atoms with Gasteiger partial charge in [0.2, 0.25) is 5.91 Å². The summed E-state index contributed by atoms with van der Waals surface area (Å²) >= 11 is 1.51. The highest BCUT2D eigenvalue weighted by Gasteiger charge is 2.31. The lowest BCUT2D eigenvalue weighted by Crippen LogP contribution is -2.36. The third-order valence-corrected chi connectivity index (χ3v) is 4.86. The minimum atomic E-state index is -0.296. The number of carbonyl (C=O) groups is 1. The smallest absolute Gasteiger partial charge is 0.281 e. The summed E-state index contributed by atoms with van der Waals surface area (Å²) in [6.07, 6.45) is 1.24. The van der Waals surface area contributed by atoms with Crippen LogP contribution < -0.4 is 11.0 Å². The topological polar surface area (TPSA) is 73.2 Å². The van der Waals surface area contributed by atoms with Crippen LogP contribution in [0.25, 0.3) is 10.2 Å². The Hall–Kier alpha value is -1.73. The van der Waals surface area contributed by atoms with E-state index in [0.717, 1.165) is 15.3 Å². The van der Waals surface area contributed by atoms with Crippen LogP contribution in [0.3, 0.4) is 0 Å². The molecule has 0 fully saturated rings. The lowest BCUT2D eigenvalue weighted by molar-refractivity contribution is -0.115. The number of nitrogens with one attached hydrogen (secondary N) is 1. The molecule has 7 heteroatoms. The summed E-state index contributed by atoms with van der Waals surface area (Å²) in [6, 6.07) is 0. The van der Waals surface area contributed by atoms with Gasteiger partial charge in [-0.15, -0.1) is 11.3 Å². The zero-order valence-electron chi connectivity index (χ0n) is 13.1. The number of ether oxygens (including phenoxy) is 1. The third-order valence-electron chi connectivity index (χ3n) is 3.76. The maximum Gasteiger partial charge on any atom is 0.281 e. The van der Waals surface area contributed by atoms with Gasteiger partial charge in [0.25, 0.3) is 5.56 Å². The second-order valence-electron chi connectivity index (χ2n) is 6.10. The van der Waals surface area contributed by atoms with Crippen molar-refractivity contribution in [2.75, 3.05) is 5.43 Å². The predicted octanol–water partition coefficient (Wildman–Crippen LogP) is 1.96. The molecule has 3 heterocycles. The zero-order valence-corrected chi connectivity index (χ0v) is 14.0. The standard InChI is InChI=1S/C15H19N3O3S/c1-5-11-16-13-12(14(20)18(11)17-8(2)19)9-6-15(3,4)21-7-10(9)22-13/h5-7H2,1-4H3,(H,17,19). The van der Waals surface area contributed by atoms with Gasteiger partial charge in [-0.2, -0.15) is 0 Å². The highest BCUT2D eigenvalue weighted by molar-refractivity contribution is 7.18. The van der Waals surface area contributed by atoms with Crippen molar-refractivity contribution in [1.82, 2.24) is 9.66 Å². The number of thiophene rings is 1. The predicted molar refractivity (Wildman–Crippen MR) is 85.9 cm³/mol. The van der Waals surface area contributed by atoms with E-state index < -0.39 is 0 Å². The number of fused-ring (bicyclic) bond motifs is 3. The first-order valence-electron chi connectivity index (χ1n) is 7.30. The molecule has 0 saturated heterocycles. The molecule has 0 bridgehead atoms. The molecule has 1 N–H and O–H groups in total. The molecule has 0 aromatic carbocycles. The second-order valence-corrected chi connectivity index (χ2v) is 7.18. The fourth-order valence-electron chi connectivity index (χ4n) is 2.74. The van der Waals surface area contributed by atoms with Crippen LogP contribution in [0.2, 0.25) is 0 Å². The number of rotatable bonds is 2. The summed E-state index contributed by atoms with van der Waals surface area (Å²) < 4.78 is 7.09. The first kappa shape index (κ1) is 15.2. The Balaban J connectivity index is 2.28. The number of hydrogen-bond donors (Lipinski definition) is 1. The highest BCUT2D eigenvalue weighted by atomic mass is 32.1. The SMILES string of the molecule is CCc1nc2sc3c(c2c(=O)n1NC(C)=O)CC(C)(C)OC3. The molecule has 0 radical (unpaired) electrons. The van der Waals surface area contributed by atoms with E-state index in [2.05, 4.69) is 10.4 Å². The molecule has 0 saturated carbocycles. The van der Waals surface area contributed by atoms with Crippen molar-refractivity contribution in [1.29, 1.82) is 0 Å². The van der Waals surface area contributed by atoms with E-state index in [-0.39, 0.29) is 17.1 Å². The van der Waals surface area contributed by atoms with E-state index >= 15 is 0 Å². The van der Waals surface area contributed by atoms with E-state index in [4.69, 9.17) is 4.74 Å². The van der Waals surface area contributed by atoms with Crippen LogP contribution in [-0.2, 0) is 29.0 Å². The molecule has 2 aromatic rings. The van der Waals surface area contributed by atoms with Gasteiger partial charge in [0.1, 0.15) is 10.7 Å². The van der Waals surface area contributed by atoms with E-state index in [1.165, 1.54) is 22.9 Å². The summed E-state index contributed by atoms with van der Waals surface area (Å²) in [5.41, 5.74) is 3.09. The monoisotopic (exact) mass is 321 g/mol. The van der Waals surface area contributed by atoms with Crippen molar-refractivity contribution in [3.05, 3.63) is 26.6 Å². The van der Waals surface area contributed by atoms with Crippen molar-refractivity contribution in [2.24, 2.45) is 0 Å². The van der Waals surface area contributed by atoms with Crippen molar-refractivity contribution < 1.29 is 9.53 Å². The van der Waals surface area contributed by atoms with Gasteiger partial charge < -0.3 is 4.74 Å². The Morgan fingerprint density at radius 2 is 2.23 bits per heavy atom. The Labute approximate surface area is 132 Å². The number of carbonyl (C=O) groups excluding carboxylic acids is 1. The fourth-order valence-corrected chi connectivity index (χ4v) is 3.86. The van der Waals surface area contributed by atoms with E-state index in [0.29, 0.717) is 30.7 Å². The van der Waals surface area contributed by atoms with Crippen molar-refractivity contribution in [3.63, 3.8) is 0 Å². The summed E-state index contributed by atoms with van der Waals surface area (Å²) in [4.78, 5) is 30.6. The van der Waals surface area contributed by atoms with Gasteiger partial charge in [0.05, 0.1) is 17.6 Å². The van der Waals surface area contributed by atoms with Crippen LogP contribution in [0.4, 0.5) is 0 Å². The molecule has 1 aliphatic heterocycles. The molecule has 2 aromatic heterocycles. The average Bonchev–Trinajstić information content (AvgIpc) is 2.77. The van der Waals surface area contributed by atoms with Crippen LogP contribution in [0.5, 0.6) is 0 Å². The first-order chi connectivity index (χ1) is 10.3. The van der Waals surface area contributed by atoms with Gasteiger partial charge in [-0.05, 0) is 19.4 Å². The minimum absolute atomic E-state index is 0.202. The number of hydrogen-bond acceptors (Lipinski definition) is 5. The molecular weight excluding hydrogens is 302 g/mol. The summed E-state index contributed by atoms with van der Waals surface area (Å²) in [7, 11) is 0. The number of nitrogens with zero attached hydrogens (tertiary/aromatic N) is 2. The normalized spacial score (nSPS) is 16.5. The largest absolute Gasteiger partial charge is 0.370 e. The number of aryl methyl sites for hydroxylation is 1. The van der Waals surface area contributed by atoms with Gasteiger partial charge in [-0.3, -0.25) is 15.0 Å². The van der Waals surface area contributed by atoms with E-state index in [1.54, 1.807) is 0 Å². The third kappa shape index (κ3) is 2.44. The van der Waals surface area contributed by atoms with Gasteiger partial charge >= 0.3 is 0 Å². The van der Waals surface area contributed by atoms with E-state index in [1.807, 2.05) is 20.8 Å². The molecule has 118 valence electrons. The maximum absolute atomic E-state index is 12.9. The van der Waals surface area contributed by atoms with Crippen molar-refractivity contribution in [2.45, 2.75) is 52.7 Å². The zero-order chi connectivity index (χ0) is 16.1.